The fourth-order valence-electron chi connectivity index (χ4n) is 1.18. The molecule has 1 atom stereocenters. The number of aliphatic carboxylic acids is 1. The van der Waals surface area contributed by atoms with E-state index in [1.807, 2.05) is 0 Å². The average molecular weight is 308 g/mol. The van der Waals surface area contributed by atoms with Crippen molar-refractivity contribution in [1.82, 2.24) is 0 Å². The molecule has 0 saturated carbocycles. The largest absolute Gasteiger partial charge is 0.478 e. The van der Waals surface area contributed by atoms with E-state index < -0.39 is 12.1 Å². The molecule has 1 unspecified atom stereocenters. The number of ether oxygens (including phenoxy) is 1. The number of rotatable bonds is 4. The molecule has 0 aliphatic heterocycles. The van der Waals surface area contributed by atoms with Crippen LogP contribution in [0.1, 0.15) is 13.8 Å². The lowest BCUT2D eigenvalue weighted by Gasteiger charge is -2.19. The van der Waals surface area contributed by atoms with Crippen LogP contribution in [-0.4, -0.2) is 17.2 Å². The van der Waals surface area contributed by atoms with Crippen LogP contribution in [0.5, 0.6) is 5.75 Å². The van der Waals surface area contributed by atoms with Gasteiger partial charge in [-0.3, -0.25) is 0 Å². The van der Waals surface area contributed by atoms with Crippen molar-refractivity contribution in [3.8, 4) is 5.75 Å². The van der Waals surface area contributed by atoms with Crippen LogP contribution in [0.15, 0.2) is 22.7 Å². The standard InChI is InChI=1S/C11H12BrClO3/c1-6(2)10(11(14)15)16-9-4-3-7(13)5-8(9)12/h3-6,10H,1-2H3,(H,14,15). The summed E-state index contributed by atoms with van der Waals surface area (Å²) in [7, 11) is 0. The maximum atomic E-state index is 11.0. The Morgan fingerprint density at radius 2 is 2.12 bits per heavy atom. The smallest absolute Gasteiger partial charge is 0.345 e. The lowest BCUT2D eigenvalue weighted by Crippen LogP contribution is -2.32. The highest BCUT2D eigenvalue weighted by atomic mass is 79.9. The molecule has 0 aliphatic rings. The van der Waals surface area contributed by atoms with Crippen LogP contribution in [0, 0.1) is 5.92 Å². The number of benzene rings is 1. The Labute approximate surface area is 107 Å². The first-order valence-corrected chi connectivity index (χ1v) is 5.93. The summed E-state index contributed by atoms with van der Waals surface area (Å²) in [6.45, 7) is 3.59. The second kappa shape index (κ2) is 5.55. The SMILES string of the molecule is CC(C)C(Oc1ccc(Cl)cc1Br)C(=O)O. The molecule has 1 N–H and O–H groups in total. The molecule has 1 aromatic rings. The molecule has 0 bridgehead atoms. The van der Waals surface area contributed by atoms with E-state index in [0.29, 0.717) is 15.2 Å². The van der Waals surface area contributed by atoms with Gasteiger partial charge in [-0.05, 0) is 34.1 Å². The molecular formula is C11H12BrClO3. The number of hydrogen-bond donors (Lipinski definition) is 1. The zero-order chi connectivity index (χ0) is 12.3. The van der Waals surface area contributed by atoms with E-state index in [0.717, 1.165) is 0 Å². The third-order valence-corrected chi connectivity index (χ3v) is 2.85. The predicted octanol–water partition coefficient (Wildman–Crippen LogP) is 3.59. The van der Waals surface area contributed by atoms with Crippen LogP contribution in [0.4, 0.5) is 0 Å². The monoisotopic (exact) mass is 306 g/mol. The second-order valence-corrected chi connectivity index (χ2v) is 4.99. The topological polar surface area (TPSA) is 46.5 Å². The molecule has 0 aromatic heterocycles. The van der Waals surface area contributed by atoms with Crippen LogP contribution in [0.3, 0.4) is 0 Å². The van der Waals surface area contributed by atoms with Gasteiger partial charge in [0.05, 0.1) is 4.47 Å². The minimum absolute atomic E-state index is 0.111. The normalized spacial score (nSPS) is 12.6. The number of carboxylic acid groups (broad SMARTS) is 1. The van der Waals surface area contributed by atoms with E-state index in [1.165, 1.54) is 0 Å². The highest BCUT2D eigenvalue weighted by Gasteiger charge is 2.24. The summed E-state index contributed by atoms with van der Waals surface area (Å²) in [6, 6.07) is 4.96. The third-order valence-electron chi connectivity index (χ3n) is 2.00. The van der Waals surface area contributed by atoms with Crippen molar-refractivity contribution in [2.24, 2.45) is 5.92 Å². The van der Waals surface area contributed by atoms with Crippen LogP contribution in [0.25, 0.3) is 0 Å². The molecule has 1 rings (SSSR count). The van der Waals surface area contributed by atoms with Crippen molar-refractivity contribution in [1.29, 1.82) is 0 Å². The molecule has 0 radical (unpaired) electrons. The Morgan fingerprint density at radius 3 is 2.56 bits per heavy atom. The van der Waals surface area contributed by atoms with Crippen LogP contribution in [0.2, 0.25) is 5.02 Å². The van der Waals surface area contributed by atoms with Gasteiger partial charge in [0, 0.05) is 10.9 Å². The van der Waals surface area contributed by atoms with Gasteiger partial charge in [-0.25, -0.2) is 4.79 Å². The lowest BCUT2D eigenvalue weighted by atomic mass is 10.1. The summed E-state index contributed by atoms with van der Waals surface area (Å²) in [4.78, 5) is 11.0. The predicted molar refractivity (Wildman–Crippen MR) is 66.0 cm³/mol. The highest BCUT2D eigenvalue weighted by molar-refractivity contribution is 9.10. The Morgan fingerprint density at radius 1 is 1.50 bits per heavy atom. The van der Waals surface area contributed by atoms with E-state index in [-0.39, 0.29) is 5.92 Å². The number of carboxylic acids is 1. The fraction of sp³-hybridized carbons (Fsp3) is 0.364. The van der Waals surface area contributed by atoms with Crippen molar-refractivity contribution >= 4 is 33.5 Å². The Balaban J connectivity index is 2.90. The maximum Gasteiger partial charge on any atom is 0.345 e. The van der Waals surface area contributed by atoms with Crippen molar-refractivity contribution in [3.63, 3.8) is 0 Å². The number of halogens is 2. The summed E-state index contributed by atoms with van der Waals surface area (Å²) >= 11 is 9.05. The van der Waals surface area contributed by atoms with Crippen molar-refractivity contribution in [2.45, 2.75) is 20.0 Å². The van der Waals surface area contributed by atoms with Crippen molar-refractivity contribution in [3.05, 3.63) is 27.7 Å². The first kappa shape index (κ1) is 13.3. The number of carbonyl (C=O) groups is 1. The molecule has 0 heterocycles. The van der Waals surface area contributed by atoms with Gasteiger partial charge < -0.3 is 9.84 Å². The minimum Gasteiger partial charge on any atom is -0.478 e. The van der Waals surface area contributed by atoms with E-state index in [1.54, 1.807) is 32.0 Å². The fourth-order valence-corrected chi connectivity index (χ4v) is 1.96. The summed E-state index contributed by atoms with van der Waals surface area (Å²) < 4.78 is 6.06. The van der Waals surface area contributed by atoms with Gasteiger partial charge in [-0.15, -0.1) is 0 Å². The Kier molecular flexibility index (Phi) is 4.62. The summed E-state index contributed by atoms with van der Waals surface area (Å²) in [5.74, 6) is -0.609. The van der Waals surface area contributed by atoms with E-state index >= 15 is 0 Å². The molecular weight excluding hydrogens is 295 g/mol. The second-order valence-electron chi connectivity index (χ2n) is 3.70. The van der Waals surface area contributed by atoms with E-state index in [4.69, 9.17) is 21.4 Å². The first-order valence-electron chi connectivity index (χ1n) is 4.76. The summed E-state index contributed by atoms with van der Waals surface area (Å²) in [5.41, 5.74) is 0. The van der Waals surface area contributed by atoms with E-state index in [2.05, 4.69) is 15.9 Å². The number of hydrogen-bond acceptors (Lipinski definition) is 2. The molecule has 16 heavy (non-hydrogen) atoms. The Bertz CT molecular complexity index is 393. The lowest BCUT2D eigenvalue weighted by molar-refractivity contribution is -0.147. The molecule has 3 nitrogen and oxygen atoms in total. The molecule has 1 aromatic carbocycles. The molecule has 0 fully saturated rings. The summed E-state index contributed by atoms with van der Waals surface area (Å²) in [5, 5.41) is 9.55. The van der Waals surface area contributed by atoms with Crippen LogP contribution in [-0.2, 0) is 4.79 Å². The van der Waals surface area contributed by atoms with Crippen molar-refractivity contribution < 1.29 is 14.6 Å². The highest BCUT2D eigenvalue weighted by Crippen LogP contribution is 2.29. The molecule has 88 valence electrons. The van der Waals surface area contributed by atoms with Gasteiger partial charge in [0.15, 0.2) is 6.10 Å². The van der Waals surface area contributed by atoms with Crippen LogP contribution >= 0.6 is 27.5 Å². The minimum atomic E-state index is -0.975. The molecule has 0 amide bonds. The Hall–Kier alpha value is -0.740. The molecule has 0 spiro atoms. The van der Waals surface area contributed by atoms with Gasteiger partial charge in [0.1, 0.15) is 5.75 Å². The summed E-state index contributed by atoms with van der Waals surface area (Å²) in [6.07, 6.45) is -0.863. The van der Waals surface area contributed by atoms with Gasteiger partial charge in [-0.2, -0.15) is 0 Å². The molecule has 0 aliphatic carbocycles. The van der Waals surface area contributed by atoms with Crippen LogP contribution < -0.4 is 4.74 Å². The van der Waals surface area contributed by atoms with Gasteiger partial charge >= 0.3 is 5.97 Å². The molecule has 5 heteroatoms. The van der Waals surface area contributed by atoms with Gasteiger partial charge in [0.2, 0.25) is 0 Å². The quantitative estimate of drug-likeness (QED) is 0.924. The maximum absolute atomic E-state index is 11.0. The van der Waals surface area contributed by atoms with Gasteiger partial charge in [-0.1, -0.05) is 25.4 Å². The average Bonchev–Trinajstić information content (AvgIpc) is 2.15. The zero-order valence-electron chi connectivity index (χ0n) is 8.91. The van der Waals surface area contributed by atoms with Gasteiger partial charge in [0.25, 0.3) is 0 Å². The van der Waals surface area contributed by atoms with Crippen molar-refractivity contribution in [2.75, 3.05) is 0 Å². The first-order chi connectivity index (χ1) is 7.41. The third kappa shape index (κ3) is 3.39. The van der Waals surface area contributed by atoms with E-state index in [9.17, 15) is 4.79 Å². The molecule has 0 saturated heterocycles. The zero-order valence-corrected chi connectivity index (χ0v) is 11.2.